The molecule has 1 amide bonds. The molecule has 16 heavy (non-hydrogen) atoms. The number of hydrogen-bond acceptors (Lipinski definition) is 2. The zero-order chi connectivity index (χ0) is 11.8. The maximum Gasteiger partial charge on any atom is 0.221 e. The minimum atomic E-state index is 0.187. The highest BCUT2D eigenvalue weighted by atomic mass is 16.1. The van der Waals surface area contributed by atoms with Gasteiger partial charge in [0.25, 0.3) is 0 Å². The van der Waals surface area contributed by atoms with Crippen molar-refractivity contribution in [3.8, 4) is 0 Å². The third-order valence-corrected chi connectivity index (χ3v) is 3.39. The molecule has 0 aliphatic heterocycles. The van der Waals surface area contributed by atoms with Crippen LogP contribution in [0.3, 0.4) is 0 Å². The van der Waals surface area contributed by atoms with E-state index in [1.165, 1.54) is 32.1 Å². The van der Waals surface area contributed by atoms with Gasteiger partial charge in [0.05, 0.1) is 0 Å². The van der Waals surface area contributed by atoms with Crippen molar-refractivity contribution in [1.29, 1.82) is 0 Å². The Bertz CT molecular complexity index is 200. The first-order valence-corrected chi connectivity index (χ1v) is 6.72. The van der Waals surface area contributed by atoms with Crippen LogP contribution in [0, 0.1) is 5.92 Å². The van der Waals surface area contributed by atoms with E-state index in [0.717, 1.165) is 19.0 Å². The van der Waals surface area contributed by atoms with Gasteiger partial charge in [0.1, 0.15) is 0 Å². The van der Waals surface area contributed by atoms with Crippen molar-refractivity contribution >= 4 is 5.91 Å². The van der Waals surface area contributed by atoms with Crippen LogP contribution in [0.4, 0.5) is 0 Å². The van der Waals surface area contributed by atoms with E-state index in [4.69, 9.17) is 0 Å². The number of carbonyl (C=O) groups excluding carboxylic acids is 1. The molecule has 0 saturated heterocycles. The largest absolute Gasteiger partial charge is 0.356 e. The minimum Gasteiger partial charge on any atom is -0.356 e. The molecule has 94 valence electrons. The lowest BCUT2D eigenvalue weighted by atomic mass is 10.0. The van der Waals surface area contributed by atoms with Crippen LogP contribution in [0.1, 0.15) is 52.4 Å². The number of nitrogens with one attached hydrogen (secondary N) is 2. The van der Waals surface area contributed by atoms with Gasteiger partial charge in [0.15, 0.2) is 0 Å². The van der Waals surface area contributed by atoms with Crippen molar-refractivity contribution in [2.75, 3.05) is 13.1 Å². The molecule has 0 bridgehead atoms. The van der Waals surface area contributed by atoms with E-state index < -0.39 is 0 Å². The SMILES string of the molecule is CCNC(C)CC(=O)NCCC1CCCC1. The van der Waals surface area contributed by atoms with Crippen LogP contribution in [0.5, 0.6) is 0 Å². The van der Waals surface area contributed by atoms with E-state index in [1.54, 1.807) is 0 Å². The Labute approximate surface area is 99.4 Å². The lowest BCUT2D eigenvalue weighted by Crippen LogP contribution is -2.34. The highest BCUT2D eigenvalue weighted by Crippen LogP contribution is 2.26. The molecule has 1 rings (SSSR count). The van der Waals surface area contributed by atoms with Crippen molar-refractivity contribution in [3.05, 3.63) is 0 Å². The quantitative estimate of drug-likeness (QED) is 0.698. The van der Waals surface area contributed by atoms with E-state index in [2.05, 4.69) is 24.5 Å². The maximum absolute atomic E-state index is 11.6. The van der Waals surface area contributed by atoms with Crippen molar-refractivity contribution in [2.45, 2.75) is 58.4 Å². The monoisotopic (exact) mass is 226 g/mol. The Morgan fingerprint density at radius 2 is 2.06 bits per heavy atom. The molecule has 0 heterocycles. The van der Waals surface area contributed by atoms with Crippen molar-refractivity contribution in [3.63, 3.8) is 0 Å². The Kier molecular flexibility index (Phi) is 6.46. The Hall–Kier alpha value is -0.570. The molecule has 1 unspecified atom stereocenters. The zero-order valence-corrected chi connectivity index (χ0v) is 10.7. The molecule has 0 aromatic heterocycles. The lowest BCUT2D eigenvalue weighted by molar-refractivity contribution is -0.121. The van der Waals surface area contributed by atoms with E-state index >= 15 is 0 Å². The summed E-state index contributed by atoms with van der Waals surface area (Å²) in [5.41, 5.74) is 0. The van der Waals surface area contributed by atoms with Gasteiger partial charge < -0.3 is 10.6 Å². The number of carbonyl (C=O) groups is 1. The molecule has 1 saturated carbocycles. The first kappa shape index (κ1) is 13.5. The molecule has 2 N–H and O–H groups in total. The Morgan fingerprint density at radius 3 is 2.69 bits per heavy atom. The van der Waals surface area contributed by atoms with Gasteiger partial charge in [-0.15, -0.1) is 0 Å². The summed E-state index contributed by atoms with van der Waals surface area (Å²) in [6, 6.07) is 0.288. The second kappa shape index (κ2) is 7.66. The van der Waals surface area contributed by atoms with Gasteiger partial charge in [-0.1, -0.05) is 32.6 Å². The topological polar surface area (TPSA) is 41.1 Å². The molecule has 1 atom stereocenters. The third kappa shape index (κ3) is 5.50. The van der Waals surface area contributed by atoms with Crippen LogP contribution in [-0.2, 0) is 4.79 Å². The van der Waals surface area contributed by atoms with E-state index in [9.17, 15) is 4.79 Å². The van der Waals surface area contributed by atoms with Crippen LogP contribution >= 0.6 is 0 Å². The molecule has 0 spiro atoms. The third-order valence-electron chi connectivity index (χ3n) is 3.39. The fourth-order valence-corrected chi connectivity index (χ4v) is 2.49. The van der Waals surface area contributed by atoms with Crippen LogP contribution in [0.2, 0.25) is 0 Å². The predicted molar refractivity (Wildman–Crippen MR) is 67.3 cm³/mol. The highest BCUT2D eigenvalue weighted by molar-refractivity contribution is 5.76. The molecule has 1 fully saturated rings. The Morgan fingerprint density at radius 1 is 1.38 bits per heavy atom. The van der Waals surface area contributed by atoms with Crippen LogP contribution in [0.25, 0.3) is 0 Å². The summed E-state index contributed by atoms with van der Waals surface area (Å²) in [6.45, 7) is 5.91. The smallest absolute Gasteiger partial charge is 0.221 e. The predicted octanol–water partition coefficient (Wildman–Crippen LogP) is 2.07. The van der Waals surface area contributed by atoms with Crippen molar-refractivity contribution in [2.24, 2.45) is 5.92 Å². The van der Waals surface area contributed by atoms with Crippen molar-refractivity contribution < 1.29 is 4.79 Å². The van der Waals surface area contributed by atoms with Gasteiger partial charge in [0, 0.05) is 19.0 Å². The maximum atomic E-state index is 11.6. The second-order valence-electron chi connectivity index (χ2n) is 4.95. The molecule has 0 aromatic rings. The van der Waals surface area contributed by atoms with Gasteiger partial charge in [-0.25, -0.2) is 0 Å². The summed E-state index contributed by atoms with van der Waals surface area (Å²) in [6.07, 6.45) is 7.26. The molecule has 0 radical (unpaired) electrons. The number of amides is 1. The molecular weight excluding hydrogens is 200 g/mol. The summed E-state index contributed by atoms with van der Waals surface area (Å²) in [5.74, 6) is 1.05. The highest BCUT2D eigenvalue weighted by Gasteiger charge is 2.15. The molecule has 3 nitrogen and oxygen atoms in total. The number of rotatable bonds is 7. The summed E-state index contributed by atoms with van der Waals surface area (Å²) in [7, 11) is 0. The van der Waals surface area contributed by atoms with E-state index in [-0.39, 0.29) is 11.9 Å². The Balaban J connectivity index is 2.01. The molecule has 1 aliphatic carbocycles. The molecule has 0 aromatic carbocycles. The molecule has 3 heteroatoms. The lowest BCUT2D eigenvalue weighted by Gasteiger charge is -2.13. The van der Waals surface area contributed by atoms with Crippen LogP contribution in [0.15, 0.2) is 0 Å². The second-order valence-corrected chi connectivity index (χ2v) is 4.95. The van der Waals surface area contributed by atoms with Gasteiger partial charge in [-0.3, -0.25) is 4.79 Å². The van der Waals surface area contributed by atoms with E-state index in [1.807, 2.05) is 0 Å². The minimum absolute atomic E-state index is 0.187. The zero-order valence-electron chi connectivity index (χ0n) is 10.7. The van der Waals surface area contributed by atoms with Gasteiger partial charge in [-0.05, 0) is 25.8 Å². The summed E-state index contributed by atoms with van der Waals surface area (Å²) in [5, 5.41) is 6.27. The first-order valence-electron chi connectivity index (χ1n) is 6.72. The standard InChI is InChI=1S/C13H26N2O/c1-3-14-11(2)10-13(16)15-9-8-12-6-4-5-7-12/h11-12,14H,3-10H2,1-2H3,(H,15,16). The summed E-state index contributed by atoms with van der Waals surface area (Å²) in [4.78, 5) is 11.6. The fourth-order valence-electron chi connectivity index (χ4n) is 2.49. The average molecular weight is 226 g/mol. The van der Waals surface area contributed by atoms with Crippen LogP contribution in [-0.4, -0.2) is 25.0 Å². The number of hydrogen-bond donors (Lipinski definition) is 2. The van der Waals surface area contributed by atoms with E-state index in [0.29, 0.717) is 6.42 Å². The van der Waals surface area contributed by atoms with Crippen LogP contribution < -0.4 is 10.6 Å². The van der Waals surface area contributed by atoms with Gasteiger partial charge >= 0.3 is 0 Å². The first-order chi connectivity index (χ1) is 7.72. The van der Waals surface area contributed by atoms with Crippen molar-refractivity contribution in [1.82, 2.24) is 10.6 Å². The summed E-state index contributed by atoms with van der Waals surface area (Å²) < 4.78 is 0. The normalized spacial score (nSPS) is 18.6. The molecular formula is C13H26N2O. The van der Waals surface area contributed by atoms with Gasteiger partial charge in [0.2, 0.25) is 5.91 Å². The summed E-state index contributed by atoms with van der Waals surface area (Å²) >= 11 is 0. The van der Waals surface area contributed by atoms with Gasteiger partial charge in [-0.2, -0.15) is 0 Å². The average Bonchev–Trinajstić information content (AvgIpc) is 2.70. The molecule has 1 aliphatic rings. The fraction of sp³-hybridized carbons (Fsp3) is 0.923.